The molecule has 0 aromatic carbocycles. The van der Waals surface area contributed by atoms with E-state index in [2.05, 4.69) is 16.1 Å². The van der Waals surface area contributed by atoms with Crippen LogP contribution in [0.4, 0.5) is 9.18 Å². The molecule has 0 radical (unpaired) electrons. The molecule has 2 atom stereocenters. The number of ether oxygens (including phenoxy) is 1. The Morgan fingerprint density at radius 3 is 2.36 bits per heavy atom. The van der Waals surface area contributed by atoms with Crippen molar-refractivity contribution in [3.8, 4) is 0 Å². The van der Waals surface area contributed by atoms with Crippen LogP contribution < -0.4 is 16.1 Å². The third kappa shape index (κ3) is 13.1. The third-order valence-corrected chi connectivity index (χ3v) is 2.81. The zero-order valence-corrected chi connectivity index (χ0v) is 15.4. The van der Waals surface area contributed by atoms with Gasteiger partial charge in [0.1, 0.15) is 18.3 Å². The number of hydrazine groups is 1. The Morgan fingerprint density at radius 1 is 1.28 bits per heavy atom. The molecule has 0 aliphatic carbocycles. The van der Waals surface area contributed by atoms with Crippen LogP contribution >= 0.6 is 0 Å². The van der Waals surface area contributed by atoms with E-state index >= 15 is 0 Å². The van der Waals surface area contributed by atoms with Gasteiger partial charge in [-0.2, -0.15) is 0 Å². The van der Waals surface area contributed by atoms with Crippen LogP contribution in [-0.4, -0.2) is 73.1 Å². The molecule has 146 valence electrons. The number of hydrogen-bond acceptors (Lipinski definition) is 6. The second-order valence-electron chi connectivity index (χ2n) is 6.72. The van der Waals surface area contributed by atoms with Crippen LogP contribution in [0.1, 0.15) is 33.6 Å². The largest absolute Gasteiger partial charge is 0.480 e. The Kier molecular flexibility index (Phi) is 9.99. The summed E-state index contributed by atoms with van der Waals surface area (Å²) in [6, 6.07) is -0.556. The number of nitrogens with one attached hydrogen (secondary N) is 3. The van der Waals surface area contributed by atoms with Gasteiger partial charge >= 0.3 is 12.1 Å². The van der Waals surface area contributed by atoms with E-state index in [1.54, 1.807) is 27.8 Å². The van der Waals surface area contributed by atoms with E-state index in [0.717, 1.165) is 5.01 Å². The standard InChI is InChI=1S/C15H29FN4O5/c1-15(2,3)25-14(24)18-11(8-17-4)6-10(16)7-12(21)19-20(5)9-13(22)23/h10-11,17H,6-9H2,1-5H3,(H,18,24)(H,19,21)(H,22,23)/t10-,11-/m1/s1. The van der Waals surface area contributed by atoms with Gasteiger partial charge < -0.3 is 20.5 Å². The minimum atomic E-state index is -1.51. The molecule has 4 N–H and O–H groups in total. The van der Waals surface area contributed by atoms with E-state index in [9.17, 15) is 18.8 Å². The maximum absolute atomic E-state index is 14.1. The lowest BCUT2D eigenvalue weighted by Gasteiger charge is -2.24. The number of rotatable bonds is 10. The molecule has 0 aromatic rings. The maximum Gasteiger partial charge on any atom is 0.407 e. The van der Waals surface area contributed by atoms with Crippen molar-refractivity contribution in [1.82, 2.24) is 21.1 Å². The fraction of sp³-hybridized carbons (Fsp3) is 0.800. The van der Waals surface area contributed by atoms with Crippen molar-refractivity contribution >= 4 is 18.0 Å². The molecule has 0 aliphatic heterocycles. The molecule has 0 aliphatic rings. The van der Waals surface area contributed by atoms with Crippen molar-refractivity contribution in [2.45, 2.75) is 51.4 Å². The summed E-state index contributed by atoms with van der Waals surface area (Å²) in [5.41, 5.74) is 1.60. The van der Waals surface area contributed by atoms with Gasteiger partial charge in [0.15, 0.2) is 0 Å². The summed E-state index contributed by atoms with van der Waals surface area (Å²) in [7, 11) is 3.03. The van der Waals surface area contributed by atoms with Crippen LogP contribution in [0.2, 0.25) is 0 Å². The molecule has 0 unspecified atom stereocenters. The fourth-order valence-electron chi connectivity index (χ4n) is 2.01. The lowest BCUT2D eigenvalue weighted by molar-refractivity contribution is -0.139. The monoisotopic (exact) mass is 364 g/mol. The molecule has 9 nitrogen and oxygen atoms in total. The summed E-state index contributed by atoms with van der Waals surface area (Å²) >= 11 is 0. The molecule has 0 fully saturated rings. The summed E-state index contributed by atoms with van der Waals surface area (Å²) in [4.78, 5) is 34.0. The fourth-order valence-corrected chi connectivity index (χ4v) is 2.01. The van der Waals surface area contributed by atoms with Crippen molar-refractivity contribution < 1.29 is 28.6 Å². The highest BCUT2D eigenvalue weighted by Crippen LogP contribution is 2.10. The Labute approximate surface area is 147 Å². The number of carboxylic acids is 1. The molecule has 10 heteroatoms. The minimum absolute atomic E-state index is 0.0872. The van der Waals surface area contributed by atoms with Gasteiger partial charge in [-0.1, -0.05) is 0 Å². The van der Waals surface area contributed by atoms with Gasteiger partial charge in [-0.05, 0) is 27.8 Å². The number of alkyl halides is 1. The quantitative estimate of drug-likeness (QED) is 0.411. The summed E-state index contributed by atoms with van der Waals surface area (Å²) < 4.78 is 19.2. The molecule has 0 saturated carbocycles. The first kappa shape index (κ1) is 23.1. The number of carboxylic acid groups (broad SMARTS) is 1. The van der Waals surface area contributed by atoms with E-state index in [4.69, 9.17) is 9.84 Å². The van der Waals surface area contributed by atoms with E-state index in [0.29, 0.717) is 6.54 Å². The number of nitrogens with zero attached hydrogens (tertiary/aromatic N) is 1. The van der Waals surface area contributed by atoms with Crippen LogP contribution in [0.15, 0.2) is 0 Å². The number of halogens is 1. The molecule has 0 saturated heterocycles. The zero-order valence-electron chi connectivity index (χ0n) is 15.4. The summed E-state index contributed by atoms with van der Waals surface area (Å²) in [5, 5.41) is 15.1. The van der Waals surface area contributed by atoms with Crippen molar-refractivity contribution in [2.75, 3.05) is 27.2 Å². The number of carbonyl (C=O) groups excluding carboxylic acids is 2. The molecule has 0 rings (SSSR count). The predicted octanol–water partition coefficient (Wildman–Crippen LogP) is 0.265. The van der Waals surface area contributed by atoms with Gasteiger partial charge in [-0.25, -0.2) is 14.2 Å². The van der Waals surface area contributed by atoms with E-state index in [1.807, 2.05) is 0 Å². The number of alkyl carbamates (subject to hydrolysis) is 1. The molecule has 0 bridgehead atoms. The Balaban J connectivity index is 4.43. The lowest BCUT2D eigenvalue weighted by atomic mass is 10.1. The summed E-state index contributed by atoms with van der Waals surface area (Å²) in [5.74, 6) is -1.76. The number of carbonyl (C=O) groups is 3. The second kappa shape index (κ2) is 10.8. The number of hydrogen-bond donors (Lipinski definition) is 4. The number of likely N-dealkylation sites (N-methyl/N-ethyl adjacent to an activating group) is 2. The highest BCUT2D eigenvalue weighted by atomic mass is 19.1. The number of aliphatic carboxylic acids is 1. The average molecular weight is 364 g/mol. The van der Waals surface area contributed by atoms with E-state index < -0.39 is 48.7 Å². The Bertz CT molecular complexity index is 456. The third-order valence-electron chi connectivity index (χ3n) is 2.81. The van der Waals surface area contributed by atoms with Gasteiger partial charge in [0.2, 0.25) is 5.91 Å². The highest BCUT2D eigenvalue weighted by molar-refractivity contribution is 5.76. The number of amides is 2. The van der Waals surface area contributed by atoms with E-state index in [1.165, 1.54) is 7.05 Å². The first-order chi connectivity index (χ1) is 11.4. The predicted molar refractivity (Wildman–Crippen MR) is 89.6 cm³/mol. The van der Waals surface area contributed by atoms with Crippen LogP contribution in [0.5, 0.6) is 0 Å². The smallest absolute Gasteiger partial charge is 0.407 e. The zero-order chi connectivity index (χ0) is 19.6. The second-order valence-corrected chi connectivity index (χ2v) is 6.72. The summed E-state index contributed by atoms with van der Waals surface area (Å²) in [6.07, 6.45) is -2.70. The topological polar surface area (TPSA) is 120 Å². The van der Waals surface area contributed by atoms with Crippen molar-refractivity contribution in [1.29, 1.82) is 0 Å². The molecular weight excluding hydrogens is 335 g/mol. The van der Waals surface area contributed by atoms with Gasteiger partial charge in [0.05, 0.1) is 6.42 Å². The summed E-state index contributed by atoms with van der Waals surface area (Å²) in [6.45, 7) is 5.06. The highest BCUT2D eigenvalue weighted by Gasteiger charge is 2.23. The Hall–Kier alpha value is -1.94. The average Bonchev–Trinajstić information content (AvgIpc) is 2.34. The van der Waals surface area contributed by atoms with Crippen molar-refractivity contribution in [2.24, 2.45) is 0 Å². The molecule has 25 heavy (non-hydrogen) atoms. The molecule has 0 aromatic heterocycles. The SMILES string of the molecule is CNC[C@@H](C[C@@H](F)CC(=O)NN(C)CC(=O)O)NC(=O)OC(C)(C)C. The normalized spacial score (nSPS) is 13.9. The van der Waals surface area contributed by atoms with Gasteiger partial charge in [0.25, 0.3) is 0 Å². The first-order valence-corrected chi connectivity index (χ1v) is 7.93. The van der Waals surface area contributed by atoms with E-state index in [-0.39, 0.29) is 6.42 Å². The molecule has 0 spiro atoms. The van der Waals surface area contributed by atoms with Crippen LogP contribution in [0.25, 0.3) is 0 Å². The van der Waals surface area contributed by atoms with Crippen molar-refractivity contribution in [3.63, 3.8) is 0 Å². The molecular formula is C15H29FN4O5. The van der Waals surface area contributed by atoms with Gasteiger partial charge in [0, 0.05) is 26.1 Å². The molecule has 0 heterocycles. The first-order valence-electron chi connectivity index (χ1n) is 7.93. The Morgan fingerprint density at radius 2 is 1.88 bits per heavy atom. The maximum atomic E-state index is 14.1. The van der Waals surface area contributed by atoms with Crippen molar-refractivity contribution in [3.05, 3.63) is 0 Å². The van der Waals surface area contributed by atoms with Crippen LogP contribution in [-0.2, 0) is 14.3 Å². The molecule has 2 amide bonds. The van der Waals surface area contributed by atoms with Crippen LogP contribution in [0, 0.1) is 0 Å². The van der Waals surface area contributed by atoms with Gasteiger partial charge in [-0.15, -0.1) is 0 Å². The lowest BCUT2D eigenvalue weighted by Crippen LogP contribution is -2.46. The minimum Gasteiger partial charge on any atom is -0.480 e. The van der Waals surface area contributed by atoms with Crippen LogP contribution in [0.3, 0.4) is 0 Å². The van der Waals surface area contributed by atoms with Gasteiger partial charge in [-0.3, -0.25) is 15.0 Å².